The number of halogens is 6. The summed E-state index contributed by atoms with van der Waals surface area (Å²) in [6.07, 6.45) is -0.742. The van der Waals surface area contributed by atoms with Crippen molar-refractivity contribution in [2.75, 3.05) is 29.9 Å². The molecule has 1 aliphatic carbocycles. The molecule has 1 aromatic carbocycles. The van der Waals surface area contributed by atoms with Gasteiger partial charge in [0.2, 0.25) is 5.88 Å². The molecule has 6 nitrogen and oxygen atoms in total. The van der Waals surface area contributed by atoms with Gasteiger partial charge in [0.25, 0.3) is 5.91 Å². The molecule has 0 radical (unpaired) electrons. The van der Waals surface area contributed by atoms with Crippen molar-refractivity contribution in [2.45, 2.75) is 44.8 Å². The lowest BCUT2D eigenvalue weighted by atomic mass is 9.92. The van der Waals surface area contributed by atoms with Crippen molar-refractivity contribution in [3.8, 4) is 5.88 Å². The average molecular weight is 579 g/mol. The number of allylic oxidation sites excluding steroid dienone is 4. The van der Waals surface area contributed by atoms with Crippen LogP contribution >= 0.6 is 0 Å². The number of nitrogens with two attached hydrogens (primary N) is 1. The fraction of sp³-hybridized carbons (Fsp3) is 0.379. The lowest BCUT2D eigenvalue weighted by Crippen LogP contribution is -2.51. The molecule has 2 atom stereocenters. The number of benzene rings is 1. The summed E-state index contributed by atoms with van der Waals surface area (Å²) in [7, 11) is 0. The number of nitrogens with one attached hydrogen (secondary N) is 1. The monoisotopic (exact) mass is 578 g/mol. The van der Waals surface area contributed by atoms with Gasteiger partial charge >= 0.3 is 6.18 Å². The van der Waals surface area contributed by atoms with E-state index in [-0.39, 0.29) is 61.7 Å². The highest BCUT2D eigenvalue weighted by molar-refractivity contribution is 6.08. The third-order valence-electron chi connectivity index (χ3n) is 7.60. The van der Waals surface area contributed by atoms with E-state index in [1.807, 2.05) is 0 Å². The molecule has 1 aromatic heterocycles. The molecule has 5 rings (SSSR count). The maximum absolute atomic E-state index is 15.1. The maximum Gasteiger partial charge on any atom is 0.393 e. The van der Waals surface area contributed by atoms with Crippen molar-refractivity contribution in [2.24, 2.45) is 11.7 Å². The number of nitrogens with zero attached hydrogens (tertiary/aromatic N) is 2. The van der Waals surface area contributed by atoms with Gasteiger partial charge in [-0.05, 0) is 43.5 Å². The van der Waals surface area contributed by atoms with E-state index < -0.39 is 47.1 Å². The van der Waals surface area contributed by atoms with Gasteiger partial charge in [-0.1, -0.05) is 18.6 Å². The van der Waals surface area contributed by atoms with Gasteiger partial charge in [0, 0.05) is 42.3 Å². The first-order chi connectivity index (χ1) is 19.5. The number of hydrogen-bond donors (Lipinski definition) is 2. The molecule has 0 bridgehead atoms. The largest absolute Gasteiger partial charge is 0.477 e. The van der Waals surface area contributed by atoms with Gasteiger partial charge in [0.15, 0.2) is 0 Å². The summed E-state index contributed by atoms with van der Waals surface area (Å²) in [5.74, 6) is -4.81. The Morgan fingerprint density at radius 1 is 1.17 bits per heavy atom. The highest BCUT2D eigenvalue weighted by atomic mass is 19.4. The van der Waals surface area contributed by atoms with E-state index in [0.29, 0.717) is 23.2 Å². The number of carbonyl (C=O) groups is 1. The molecule has 3 aliphatic rings. The van der Waals surface area contributed by atoms with Gasteiger partial charge in [-0.3, -0.25) is 4.79 Å². The topological polar surface area (TPSA) is 80.5 Å². The zero-order valence-electron chi connectivity index (χ0n) is 22.1. The molecule has 218 valence electrons. The molecule has 0 saturated carbocycles. The molecule has 0 spiro atoms. The van der Waals surface area contributed by atoms with E-state index in [9.17, 15) is 26.7 Å². The zero-order chi connectivity index (χ0) is 29.5. The van der Waals surface area contributed by atoms with Crippen LogP contribution in [0.4, 0.5) is 37.7 Å². The Balaban J connectivity index is 1.50. The predicted molar refractivity (Wildman–Crippen MR) is 142 cm³/mol. The highest BCUT2D eigenvalue weighted by Gasteiger charge is 2.45. The van der Waals surface area contributed by atoms with E-state index in [4.69, 9.17) is 10.5 Å². The minimum Gasteiger partial charge on any atom is -0.477 e. The number of anilines is 2. The Hall–Kier alpha value is -3.80. The number of ether oxygens (including phenoxy) is 1. The van der Waals surface area contributed by atoms with Crippen molar-refractivity contribution in [1.29, 1.82) is 0 Å². The van der Waals surface area contributed by atoms with Crippen LogP contribution in [0.2, 0.25) is 0 Å². The Kier molecular flexibility index (Phi) is 7.87. The van der Waals surface area contributed by atoms with Gasteiger partial charge in [-0.25, -0.2) is 18.2 Å². The molecule has 2 aromatic rings. The van der Waals surface area contributed by atoms with Crippen molar-refractivity contribution in [3.05, 3.63) is 76.3 Å². The third-order valence-corrected chi connectivity index (χ3v) is 7.60. The molecule has 12 heteroatoms. The molecular formula is C29H28F6N4O2. The smallest absolute Gasteiger partial charge is 0.393 e. The van der Waals surface area contributed by atoms with Gasteiger partial charge in [-0.2, -0.15) is 13.2 Å². The first-order valence-electron chi connectivity index (χ1n) is 13.2. The van der Waals surface area contributed by atoms with E-state index >= 15 is 4.39 Å². The van der Waals surface area contributed by atoms with Crippen molar-refractivity contribution >= 4 is 22.9 Å². The number of rotatable bonds is 5. The minimum absolute atomic E-state index is 0.0700. The number of carbonyl (C=O) groups excluding carboxylic acids is 1. The minimum atomic E-state index is -4.45. The summed E-state index contributed by atoms with van der Waals surface area (Å²) in [5, 5.41) is 2.74. The van der Waals surface area contributed by atoms with Crippen LogP contribution in [0.1, 0.15) is 37.3 Å². The third kappa shape index (κ3) is 5.70. The van der Waals surface area contributed by atoms with E-state index in [0.717, 1.165) is 18.2 Å². The van der Waals surface area contributed by atoms with Gasteiger partial charge in [-0.15, -0.1) is 0 Å². The molecule has 2 aliphatic heterocycles. The fourth-order valence-electron chi connectivity index (χ4n) is 5.64. The summed E-state index contributed by atoms with van der Waals surface area (Å²) in [6, 6.07) is 2.47. The summed E-state index contributed by atoms with van der Waals surface area (Å²) < 4.78 is 90.8. The summed E-state index contributed by atoms with van der Waals surface area (Å²) in [6.45, 7) is 1.78. The summed E-state index contributed by atoms with van der Waals surface area (Å²) in [5.41, 5.74) is 6.84. The second kappa shape index (κ2) is 11.2. The van der Waals surface area contributed by atoms with Gasteiger partial charge in [0.1, 0.15) is 17.5 Å². The van der Waals surface area contributed by atoms with Crippen LogP contribution in [0, 0.1) is 17.6 Å². The zero-order valence-corrected chi connectivity index (χ0v) is 22.1. The van der Waals surface area contributed by atoms with Crippen LogP contribution in [-0.2, 0) is 11.2 Å². The second-order valence-electron chi connectivity index (χ2n) is 10.3. The van der Waals surface area contributed by atoms with Crippen molar-refractivity contribution in [1.82, 2.24) is 4.98 Å². The molecule has 3 heterocycles. The van der Waals surface area contributed by atoms with Crippen molar-refractivity contribution in [3.63, 3.8) is 0 Å². The summed E-state index contributed by atoms with van der Waals surface area (Å²) in [4.78, 5) is 19.4. The highest BCUT2D eigenvalue weighted by Crippen LogP contribution is 2.43. The lowest BCUT2D eigenvalue weighted by molar-refractivity contribution is -0.177. The average Bonchev–Trinajstić information content (AvgIpc) is 3.32. The van der Waals surface area contributed by atoms with Crippen LogP contribution in [-0.4, -0.2) is 42.8 Å². The van der Waals surface area contributed by atoms with Gasteiger partial charge < -0.3 is 20.7 Å². The number of amides is 1. The molecule has 41 heavy (non-hydrogen) atoms. The number of piperidine rings is 1. The quantitative estimate of drug-likeness (QED) is 0.426. The number of fused-ring (bicyclic) bond motifs is 1. The first kappa shape index (κ1) is 28.7. The maximum atomic E-state index is 15.1. The van der Waals surface area contributed by atoms with E-state index in [1.54, 1.807) is 6.92 Å². The number of aromatic nitrogens is 1. The normalized spacial score (nSPS) is 21.1. The second-order valence-corrected chi connectivity index (χ2v) is 10.3. The van der Waals surface area contributed by atoms with E-state index in [2.05, 4.69) is 10.3 Å². The van der Waals surface area contributed by atoms with Crippen LogP contribution in [0.5, 0.6) is 5.88 Å². The Morgan fingerprint density at radius 2 is 1.90 bits per heavy atom. The lowest BCUT2D eigenvalue weighted by Gasteiger charge is -2.39. The fourth-order valence-corrected chi connectivity index (χ4v) is 5.64. The molecule has 1 fully saturated rings. The first-order valence-corrected chi connectivity index (χ1v) is 13.2. The summed E-state index contributed by atoms with van der Waals surface area (Å²) >= 11 is 0. The van der Waals surface area contributed by atoms with Gasteiger partial charge in [0.05, 0.1) is 35.7 Å². The number of hydrogen-bond acceptors (Lipinski definition) is 5. The van der Waals surface area contributed by atoms with Crippen LogP contribution in [0.3, 0.4) is 0 Å². The number of alkyl halides is 3. The number of pyridine rings is 1. The molecular weight excluding hydrogens is 550 g/mol. The Morgan fingerprint density at radius 3 is 2.59 bits per heavy atom. The van der Waals surface area contributed by atoms with Crippen LogP contribution in [0.15, 0.2) is 53.5 Å². The SMILES string of the molecule is CCC1=C(C(=O)Nc2cnc3c(c2N2CC(N)C[C@@H](C(F)(F)F)C2)CCO3)C=CC(F)=C(c2c(F)cccc2F)C1. The van der Waals surface area contributed by atoms with Crippen LogP contribution in [0.25, 0.3) is 5.57 Å². The predicted octanol–water partition coefficient (Wildman–Crippen LogP) is 6.00. The van der Waals surface area contributed by atoms with Crippen molar-refractivity contribution < 1.29 is 35.9 Å². The Bertz CT molecular complexity index is 1450. The molecule has 1 amide bonds. The molecule has 3 N–H and O–H groups in total. The standard InChI is InChI=1S/C29H28F6N4O2/c1-2-15-10-20(25-22(31)4-3-5-23(25)32)21(30)7-6-18(15)27(40)38-24-12-37-28-19(8-9-41-28)26(24)39-13-16(29(33,34)35)11-17(36)14-39/h3-7,12,16-17H,2,8-11,13-14,36H2,1H3,(H,38,40)/t16-,17?/m1/s1. The van der Waals surface area contributed by atoms with Crippen LogP contribution < -0.4 is 20.7 Å². The Labute approximate surface area is 232 Å². The molecule has 1 saturated heterocycles. The molecule has 1 unspecified atom stereocenters. The van der Waals surface area contributed by atoms with E-state index in [1.165, 1.54) is 23.2 Å².